The summed E-state index contributed by atoms with van der Waals surface area (Å²) >= 11 is 2.98. The summed E-state index contributed by atoms with van der Waals surface area (Å²) < 4.78 is 13.3. The first-order valence-electron chi connectivity index (χ1n) is 5.77. The first-order valence-corrected chi connectivity index (χ1v) is 6.57. The van der Waals surface area contributed by atoms with E-state index in [0.717, 1.165) is 6.07 Å². The number of hydrogen-bond donors (Lipinski definition) is 3. The standard InChI is InChI=1S/C14H10BrFN2O3/c15-10-5-7(1-4-11(10)16)13(19)18-12-6-8(17)2-3-9(12)14(20)21/h1-6H,17H2,(H,18,19)(H,20,21). The molecule has 0 unspecified atom stereocenters. The SMILES string of the molecule is Nc1ccc(C(=O)O)c(NC(=O)c2ccc(F)c(Br)c2)c1. The number of carboxylic acid groups (broad SMARTS) is 1. The van der Waals surface area contributed by atoms with Crippen molar-refractivity contribution < 1.29 is 19.1 Å². The second-order valence-corrected chi connectivity index (χ2v) is 5.05. The molecule has 0 saturated carbocycles. The van der Waals surface area contributed by atoms with E-state index in [1.165, 1.54) is 30.3 Å². The van der Waals surface area contributed by atoms with Gasteiger partial charge in [0.15, 0.2) is 0 Å². The van der Waals surface area contributed by atoms with Gasteiger partial charge in [-0.1, -0.05) is 0 Å². The molecule has 2 aromatic rings. The molecular weight excluding hydrogens is 343 g/mol. The Balaban J connectivity index is 2.33. The van der Waals surface area contributed by atoms with Crippen molar-refractivity contribution in [1.29, 1.82) is 0 Å². The lowest BCUT2D eigenvalue weighted by Crippen LogP contribution is -2.15. The van der Waals surface area contributed by atoms with E-state index in [1.54, 1.807) is 0 Å². The molecule has 0 heterocycles. The number of amides is 1. The lowest BCUT2D eigenvalue weighted by Gasteiger charge is -2.10. The van der Waals surface area contributed by atoms with Crippen LogP contribution in [0, 0.1) is 5.82 Å². The van der Waals surface area contributed by atoms with Gasteiger partial charge in [-0.3, -0.25) is 4.79 Å². The lowest BCUT2D eigenvalue weighted by atomic mass is 10.1. The second-order valence-electron chi connectivity index (χ2n) is 4.19. The highest BCUT2D eigenvalue weighted by Gasteiger charge is 2.14. The minimum Gasteiger partial charge on any atom is -0.478 e. The van der Waals surface area contributed by atoms with Crippen molar-refractivity contribution in [3.8, 4) is 0 Å². The summed E-state index contributed by atoms with van der Waals surface area (Å²) in [6.45, 7) is 0. The van der Waals surface area contributed by atoms with Crippen LogP contribution in [-0.2, 0) is 0 Å². The average Bonchev–Trinajstić information content (AvgIpc) is 2.41. The molecule has 2 rings (SSSR count). The van der Waals surface area contributed by atoms with E-state index in [2.05, 4.69) is 21.2 Å². The fraction of sp³-hybridized carbons (Fsp3) is 0. The Hall–Kier alpha value is -2.41. The van der Waals surface area contributed by atoms with E-state index in [-0.39, 0.29) is 21.3 Å². The van der Waals surface area contributed by atoms with Crippen LogP contribution in [0.4, 0.5) is 15.8 Å². The van der Waals surface area contributed by atoms with E-state index >= 15 is 0 Å². The van der Waals surface area contributed by atoms with Gasteiger partial charge >= 0.3 is 5.97 Å². The van der Waals surface area contributed by atoms with Gasteiger partial charge in [-0.15, -0.1) is 0 Å². The van der Waals surface area contributed by atoms with E-state index in [9.17, 15) is 14.0 Å². The maximum Gasteiger partial charge on any atom is 0.337 e. The molecular formula is C14H10BrFN2O3. The van der Waals surface area contributed by atoms with Gasteiger partial charge in [0, 0.05) is 11.3 Å². The molecule has 0 radical (unpaired) electrons. The number of benzene rings is 2. The third-order valence-corrected chi connectivity index (χ3v) is 3.31. The summed E-state index contributed by atoms with van der Waals surface area (Å²) in [7, 11) is 0. The van der Waals surface area contributed by atoms with Crippen LogP contribution in [0.15, 0.2) is 40.9 Å². The van der Waals surface area contributed by atoms with E-state index in [1.807, 2.05) is 0 Å². The molecule has 0 saturated heterocycles. The predicted octanol–water partition coefficient (Wildman–Crippen LogP) is 3.12. The number of carboxylic acids is 1. The molecule has 7 heteroatoms. The van der Waals surface area contributed by atoms with Crippen LogP contribution in [0.25, 0.3) is 0 Å². The van der Waals surface area contributed by atoms with Crippen molar-refractivity contribution in [2.45, 2.75) is 0 Å². The summed E-state index contributed by atoms with van der Waals surface area (Å²) in [6, 6.07) is 7.80. The molecule has 5 nitrogen and oxygen atoms in total. The van der Waals surface area contributed by atoms with E-state index < -0.39 is 17.7 Å². The lowest BCUT2D eigenvalue weighted by molar-refractivity contribution is 0.0698. The average molecular weight is 353 g/mol. The van der Waals surface area contributed by atoms with Crippen LogP contribution >= 0.6 is 15.9 Å². The molecule has 0 aromatic heterocycles. The first-order chi connectivity index (χ1) is 9.88. The molecule has 0 fully saturated rings. The van der Waals surface area contributed by atoms with E-state index in [4.69, 9.17) is 10.8 Å². The number of nitrogens with two attached hydrogens (primary N) is 1. The smallest absolute Gasteiger partial charge is 0.337 e. The second kappa shape index (κ2) is 5.92. The molecule has 0 bridgehead atoms. The monoisotopic (exact) mass is 352 g/mol. The zero-order valence-electron chi connectivity index (χ0n) is 10.6. The normalized spacial score (nSPS) is 10.2. The Labute approximate surface area is 127 Å². The molecule has 0 atom stereocenters. The van der Waals surface area contributed by atoms with Crippen LogP contribution in [0.3, 0.4) is 0 Å². The molecule has 21 heavy (non-hydrogen) atoms. The number of rotatable bonds is 3. The van der Waals surface area contributed by atoms with Crippen LogP contribution in [0.1, 0.15) is 20.7 Å². The molecule has 0 spiro atoms. The van der Waals surface area contributed by atoms with Gasteiger partial charge < -0.3 is 16.2 Å². The van der Waals surface area contributed by atoms with Crippen LogP contribution < -0.4 is 11.1 Å². The Kier molecular flexibility index (Phi) is 4.23. The zero-order chi connectivity index (χ0) is 15.6. The summed E-state index contributed by atoms with van der Waals surface area (Å²) in [5, 5.41) is 11.5. The van der Waals surface area contributed by atoms with Crippen molar-refractivity contribution >= 4 is 39.2 Å². The number of nitrogens with one attached hydrogen (secondary N) is 1. The minimum atomic E-state index is -1.19. The minimum absolute atomic E-state index is 0.0768. The molecule has 108 valence electrons. The zero-order valence-corrected chi connectivity index (χ0v) is 12.1. The summed E-state index contributed by atoms with van der Waals surface area (Å²) in [6.07, 6.45) is 0. The number of anilines is 2. The number of hydrogen-bond acceptors (Lipinski definition) is 3. The molecule has 0 aliphatic rings. The maximum absolute atomic E-state index is 13.1. The predicted molar refractivity (Wildman–Crippen MR) is 79.9 cm³/mol. The highest BCUT2D eigenvalue weighted by atomic mass is 79.9. The van der Waals surface area contributed by atoms with Gasteiger partial charge in [-0.05, 0) is 52.3 Å². The maximum atomic E-state index is 13.1. The number of aromatic carboxylic acids is 1. The van der Waals surface area contributed by atoms with Crippen LogP contribution in [0.5, 0.6) is 0 Å². The Bertz CT molecular complexity index is 734. The number of nitrogen functional groups attached to an aromatic ring is 1. The van der Waals surface area contributed by atoms with Crippen LogP contribution in [-0.4, -0.2) is 17.0 Å². The fourth-order valence-corrected chi connectivity index (χ4v) is 2.06. The first kappa shape index (κ1) is 15.0. The summed E-state index contributed by atoms with van der Waals surface area (Å²) in [5.41, 5.74) is 6.07. The van der Waals surface area contributed by atoms with Gasteiger partial charge in [-0.2, -0.15) is 0 Å². The molecule has 0 aliphatic heterocycles. The van der Waals surface area contributed by atoms with Gasteiger partial charge in [0.25, 0.3) is 5.91 Å². The quantitative estimate of drug-likeness (QED) is 0.740. The number of halogens is 2. The van der Waals surface area contributed by atoms with Crippen molar-refractivity contribution in [1.82, 2.24) is 0 Å². The molecule has 4 N–H and O–H groups in total. The largest absolute Gasteiger partial charge is 0.478 e. The third kappa shape index (κ3) is 3.38. The Morgan fingerprint density at radius 1 is 1.19 bits per heavy atom. The fourth-order valence-electron chi connectivity index (χ4n) is 1.68. The summed E-state index contributed by atoms with van der Waals surface area (Å²) in [5.74, 6) is -2.25. The molecule has 1 amide bonds. The van der Waals surface area contributed by atoms with Gasteiger partial charge in [-0.25, -0.2) is 9.18 Å². The molecule has 0 aliphatic carbocycles. The topological polar surface area (TPSA) is 92.4 Å². The van der Waals surface area contributed by atoms with Crippen molar-refractivity contribution in [2.24, 2.45) is 0 Å². The highest BCUT2D eigenvalue weighted by Crippen LogP contribution is 2.22. The van der Waals surface area contributed by atoms with E-state index in [0.29, 0.717) is 5.69 Å². The highest BCUT2D eigenvalue weighted by molar-refractivity contribution is 9.10. The van der Waals surface area contributed by atoms with Gasteiger partial charge in [0.1, 0.15) is 5.82 Å². The van der Waals surface area contributed by atoms with Crippen molar-refractivity contribution in [3.63, 3.8) is 0 Å². The third-order valence-electron chi connectivity index (χ3n) is 2.70. The van der Waals surface area contributed by atoms with Gasteiger partial charge in [0.2, 0.25) is 0 Å². The number of carbonyl (C=O) groups is 2. The molecule has 2 aromatic carbocycles. The number of carbonyl (C=O) groups excluding carboxylic acids is 1. The van der Waals surface area contributed by atoms with Crippen molar-refractivity contribution in [2.75, 3.05) is 11.1 Å². The summed E-state index contributed by atoms with van der Waals surface area (Å²) in [4.78, 5) is 23.2. The Morgan fingerprint density at radius 2 is 1.90 bits per heavy atom. The van der Waals surface area contributed by atoms with Gasteiger partial charge in [0.05, 0.1) is 15.7 Å². The van der Waals surface area contributed by atoms with Crippen molar-refractivity contribution in [3.05, 3.63) is 57.8 Å². The van der Waals surface area contributed by atoms with Crippen LogP contribution in [0.2, 0.25) is 0 Å². The Morgan fingerprint density at radius 3 is 2.52 bits per heavy atom.